The van der Waals surface area contributed by atoms with Crippen LogP contribution in [0.4, 0.5) is 32.1 Å². The van der Waals surface area contributed by atoms with Gasteiger partial charge in [-0.2, -0.15) is 5.26 Å². The molecule has 7 aliphatic rings. The first-order valence-electron chi connectivity index (χ1n) is 48.5. The van der Waals surface area contributed by atoms with Gasteiger partial charge in [-0.3, -0.25) is 38.4 Å². The fraction of sp³-hybridized carbons (Fsp3) is 0.582. The van der Waals surface area contributed by atoms with Gasteiger partial charge in [-0.1, -0.05) is 19.3 Å². The minimum atomic E-state index is -2.77. The number of hydrogen-bond acceptors (Lipinski definition) is 29. The number of thiazole rings is 4. The number of ether oxygens (including phenoxy) is 1. The molecule has 7 fully saturated rings. The van der Waals surface area contributed by atoms with Gasteiger partial charge in [-0.15, -0.1) is 45.3 Å². The summed E-state index contributed by atoms with van der Waals surface area (Å²) < 4.78 is 49.6. The molecule has 15 rings (SSSR count). The zero-order chi connectivity index (χ0) is 101. The number of aryl methyl sites for hydroxylation is 3. The van der Waals surface area contributed by atoms with E-state index in [0.29, 0.717) is 122 Å². The number of aliphatic hydroxyl groups is 3. The zero-order valence-electron chi connectivity index (χ0n) is 83.4. The Morgan fingerprint density at radius 1 is 0.482 bits per heavy atom. The molecule has 33 nitrogen and oxygen atoms in total. The van der Waals surface area contributed by atoms with Crippen molar-refractivity contribution in [1.82, 2.24) is 80.7 Å². The molecule has 0 spiro atoms. The van der Waals surface area contributed by atoms with E-state index in [1.807, 2.05) is 72.4 Å². The lowest BCUT2D eigenvalue weighted by atomic mass is 9.95. The average molecular weight is 1970 g/mol. The molecule has 11 N–H and O–H groups in total. The Hall–Kier alpha value is -10.7. The van der Waals surface area contributed by atoms with Gasteiger partial charge in [0, 0.05) is 161 Å². The molecule has 0 unspecified atom stereocenters. The van der Waals surface area contributed by atoms with Crippen molar-refractivity contribution >= 4 is 116 Å². The summed E-state index contributed by atoms with van der Waals surface area (Å²) >= 11 is 4.46. The Labute approximate surface area is 819 Å². The third-order valence-electron chi connectivity index (χ3n) is 24.7. The topological polar surface area (TPSA) is 443 Å². The second-order valence-electron chi connectivity index (χ2n) is 39.0. The maximum Gasteiger partial charge on any atom is 0.280 e. The smallest absolute Gasteiger partial charge is 0.280 e. The summed E-state index contributed by atoms with van der Waals surface area (Å²) in [4.78, 5) is 151. The van der Waals surface area contributed by atoms with E-state index in [-0.39, 0.29) is 123 Å². The summed E-state index contributed by atoms with van der Waals surface area (Å²) in [6.07, 6.45) is 22.0. The summed E-state index contributed by atoms with van der Waals surface area (Å²) in [7, 11) is 0. The molecule has 0 bridgehead atoms. The summed E-state index contributed by atoms with van der Waals surface area (Å²) in [6.45, 7) is 32.4. The van der Waals surface area contributed by atoms with E-state index in [2.05, 4.69) is 109 Å². The van der Waals surface area contributed by atoms with Crippen LogP contribution in [-0.4, -0.2) is 258 Å². The maximum absolute atomic E-state index is 14.1. The van der Waals surface area contributed by atoms with E-state index in [1.165, 1.54) is 31.6 Å². The number of pyridine rings is 4. The lowest BCUT2D eigenvalue weighted by Gasteiger charge is -2.23. The Bertz CT molecular complexity index is 5790. The van der Waals surface area contributed by atoms with Crippen LogP contribution in [0.3, 0.4) is 0 Å². The van der Waals surface area contributed by atoms with Gasteiger partial charge in [0.2, 0.25) is 0 Å². The highest BCUT2D eigenvalue weighted by Crippen LogP contribution is 2.43. The molecule has 13 heterocycles. The fourth-order valence-corrected chi connectivity index (χ4v) is 21.4. The van der Waals surface area contributed by atoms with Gasteiger partial charge in [0.15, 0.2) is 20.0 Å². The number of carbonyl (C=O) groups is 8. The molecule has 5 saturated heterocycles. The summed E-state index contributed by atoms with van der Waals surface area (Å²) in [6, 6.07) is 9.77. The number of likely N-dealkylation sites (tertiary alicyclic amines) is 4. The molecule has 39 heteroatoms. The van der Waals surface area contributed by atoms with Crippen molar-refractivity contribution in [2.45, 2.75) is 310 Å². The number of hydrogen-bond donors (Lipinski definition) is 11. The van der Waals surface area contributed by atoms with E-state index in [1.54, 1.807) is 79.3 Å². The molecule has 2 saturated carbocycles. The van der Waals surface area contributed by atoms with Crippen molar-refractivity contribution in [2.24, 2.45) is 0 Å². The molecular weight excluding hydrogens is 1830 g/mol. The number of aromatic nitrogens is 8. The standard InChI is InChI=1S/C26H34N6O3S.C25H33F2N5O3S.C24H33N5O3S.C23H33N5O3S/c1-16-8-7-11-32(16)25(34)20-21(36-24(31-20)23(33)29-15-26(2,3)35)18-12-17(13-27)22(28-14-18)30-19-9-5-4-6-10-19;1-14-11-18(30-17-8-5-9-25(17,26)27)28-12-16(14)20-19(23(34)32-10-6-7-15(32)2)31-22(36-20)21(33)29-13-24(3,4)35;1-14(2)26-19-12-15(3)18(13-25-19)21-20(24(31)29-9-5-6-16(29)4)28-23(33-21)22(30)27-17-7-10-32-11-8-17;1-13(2)26-17-10-14(3)16(11-24-17)19-18(22(30)28-9-7-8-15(28)4)27-21(32-19)20(29)25-12-23(5,6)31/h12,14,16,19,35H,4-11,15H2,1-3H3,(H,28,30)(H,29,33);11-12,15,17,35H,5-10,13H2,1-4H3,(H,28,30)(H,29,33);12-14,16-17H,5-11H2,1-4H3,(H,25,26)(H,27,30);10-11,13,15,31H,7-9,12H2,1-6H3,(H,24,26)(H,25,29)/t16-;15-,17+;16-;15-/m0000/s1/i;;;12D2. The van der Waals surface area contributed by atoms with Crippen LogP contribution in [-0.2, 0) is 4.74 Å². The normalized spacial score (nSPS) is 19.4. The van der Waals surface area contributed by atoms with Gasteiger partial charge in [0.25, 0.3) is 53.2 Å². The number of carbonyl (C=O) groups excluding carboxylic acids is 8. The molecule has 2 aliphatic carbocycles. The summed E-state index contributed by atoms with van der Waals surface area (Å²) in [5, 5.41) is 63.8. The molecule has 8 aromatic heterocycles. The summed E-state index contributed by atoms with van der Waals surface area (Å²) in [5.74, 6) is -3.21. The van der Waals surface area contributed by atoms with E-state index < -0.39 is 53.0 Å². The zero-order valence-corrected chi connectivity index (χ0v) is 84.7. The van der Waals surface area contributed by atoms with Crippen LogP contribution in [0.5, 0.6) is 0 Å². The van der Waals surface area contributed by atoms with Crippen LogP contribution in [0.15, 0.2) is 49.1 Å². The SMILES string of the molecule is C[C@H]1CCCN1C(=O)c1nc(C(=O)NCC(C)(C)O)sc1-c1cnc(NC2CCCCC2)c(C#N)c1.Cc1cc(NC(C)C)ncc1-c1sc(C(=O)NC2CCOCC2)nc1C(=O)N1CCC[C@@H]1C.Cc1cc(N[C@@H]2CCCC2(F)F)ncc1-c1sc(C(=O)NCC(C)(C)O)nc1C(=O)N1CCC[C@@H]1C.[2H]C([2H])(NC(=O)c1nc(C(=O)N2CCC[C@@H]2C)c(-c2cnc(NC(C)C)cc2C)s1)C(C)(C)O. The molecule has 0 radical (unpaired) electrons. The lowest BCUT2D eigenvalue weighted by Crippen LogP contribution is -2.39. The van der Waals surface area contributed by atoms with Crippen LogP contribution < -0.4 is 42.5 Å². The van der Waals surface area contributed by atoms with E-state index in [0.717, 1.165) is 159 Å². The maximum atomic E-state index is 14.1. The Balaban J connectivity index is 0.000000166. The van der Waals surface area contributed by atoms with Crippen molar-refractivity contribution in [2.75, 3.05) is 80.2 Å². The van der Waals surface area contributed by atoms with Crippen LogP contribution in [0.25, 0.3) is 41.8 Å². The fourth-order valence-electron chi connectivity index (χ4n) is 17.3. The minimum absolute atomic E-state index is 0.0277. The molecule has 8 amide bonds. The van der Waals surface area contributed by atoms with Crippen LogP contribution in [0, 0.1) is 32.1 Å². The first-order valence-corrected chi connectivity index (χ1v) is 50.8. The first-order chi connectivity index (χ1) is 65.5. The predicted molar refractivity (Wildman–Crippen MR) is 531 cm³/mol. The Morgan fingerprint density at radius 3 is 1.22 bits per heavy atom. The number of amides is 8. The number of anilines is 4. The second kappa shape index (κ2) is 45.9. The van der Waals surface area contributed by atoms with E-state index >= 15 is 0 Å². The Kier molecular flexibility index (Phi) is 34.2. The van der Waals surface area contributed by atoms with Gasteiger partial charge in [0.1, 0.15) is 52.1 Å². The number of alkyl halides is 2. The highest BCUT2D eigenvalue weighted by atomic mass is 32.1. The van der Waals surface area contributed by atoms with Gasteiger partial charge in [-0.25, -0.2) is 48.7 Å². The number of rotatable bonds is 27. The van der Waals surface area contributed by atoms with Gasteiger partial charge in [-0.05, 0) is 249 Å². The van der Waals surface area contributed by atoms with Crippen LogP contribution >= 0.6 is 45.3 Å². The van der Waals surface area contributed by atoms with Crippen molar-refractivity contribution in [3.63, 3.8) is 0 Å². The predicted octanol–water partition coefficient (Wildman–Crippen LogP) is 15.5. The molecular formula is C98H133F2N21O12S4. The monoisotopic (exact) mass is 1960 g/mol. The largest absolute Gasteiger partial charge is 0.389 e. The quantitative estimate of drug-likeness (QED) is 0.0228. The third kappa shape index (κ3) is 27.7. The van der Waals surface area contributed by atoms with Gasteiger partial charge in [0.05, 0.1) is 50.7 Å². The molecule has 5 aliphatic heterocycles. The molecule has 137 heavy (non-hydrogen) atoms. The van der Waals surface area contributed by atoms with Crippen molar-refractivity contribution < 1.29 is 69.9 Å². The minimum Gasteiger partial charge on any atom is -0.389 e. The lowest BCUT2D eigenvalue weighted by molar-refractivity contribution is -0.000746. The first kappa shape index (κ1) is 102. The highest BCUT2D eigenvalue weighted by molar-refractivity contribution is 7.18. The van der Waals surface area contributed by atoms with Gasteiger partial charge >= 0.3 is 0 Å². The van der Waals surface area contributed by atoms with E-state index in [4.69, 9.17) is 7.48 Å². The van der Waals surface area contributed by atoms with Crippen molar-refractivity contribution in [3.8, 4) is 47.8 Å². The number of nitrogens with one attached hydrogen (secondary N) is 8. The number of nitrogens with zero attached hydrogens (tertiary/aromatic N) is 13. The number of halogens is 2. The van der Waals surface area contributed by atoms with Crippen molar-refractivity contribution in [3.05, 3.63) is 114 Å². The second-order valence-corrected chi connectivity index (χ2v) is 43.0. The Morgan fingerprint density at radius 2 is 0.861 bits per heavy atom. The van der Waals surface area contributed by atoms with Gasteiger partial charge < -0.3 is 82.2 Å². The average Bonchev–Trinajstić information content (AvgIpc) is 1.65. The van der Waals surface area contributed by atoms with Crippen LogP contribution in [0.1, 0.15) is 319 Å². The third-order valence-corrected chi connectivity index (χ3v) is 29.1. The molecule has 8 aromatic rings. The highest BCUT2D eigenvalue weighted by Gasteiger charge is 2.45. The van der Waals surface area contributed by atoms with Crippen molar-refractivity contribution in [1.29, 1.82) is 5.26 Å². The molecule has 0 aromatic carbocycles. The molecule has 5 atom stereocenters. The summed E-state index contributed by atoms with van der Waals surface area (Å²) in [5.41, 5.74) is 2.57. The van der Waals surface area contributed by atoms with E-state index in [9.17, 15) is 67.7 Å². The number of nitriles is 1. The van der Waals surface area contributed by atoms with Crippen LogP contribution in [0.2, 0.25) is 0 Å². The molecule has 740 valence electrons.